The second-order valence-electron chi connectivity index (χ2n) is 5.24. The molecular formula is C18H18N4O4S. The number of carbonyl (C=O) groups is 3. The predicted octanol–water partition coefficient (Wildman–Crippen LogP) is 1.83. The van der Waals surface area contributed by atoms with Crippen molar-refractivity contribution in [2.24, 2.45) is 0 Å². The van der Waals surface area contributed by atoms with Crippen LogP contribution in [0.25, 0.3) is 10.6 Å². The molecule has 27 heavy (non-hydrogen) atoms. The van der Waals surface area contributed by atoms with Gasteiger partial charge in [0.1, 0.15) is 16.4 Å². The number of nitrogens with zero attached hydrogens (tertiary/aromatic N) is 1. The molecule has 2 aromatic rings. The standard InChI is InChI=1S/C18H18N4O4S/c1-4-13(18(25)26-3)21-15(23)10(2)20-16(24)14-9-27-17(22-14)11-5-7-12(19)8-6-11/h4-9H,2,19H2,1,3H3,(H,20,24)(H,21,23)/b13-4-. The molecule has 2 rings (SSSR count). The van der Waals surface area contributed by atoms with Crippen LogP contribution in [-0.4, -0.2) is 29.9 Å². The first-order valence-corrected chi connectivity index (χ1v) is 8.61. The van der Waals surface area contributed by atoms with Gasteiger partial charge in [0.2, 0.25) is 0 Å². The van der Waals surface area contributed by atoms with Gasteiger partial charge in [0.05, 0.1) is 12.8 Å². The Bertz CT molecular complexity index is 916. The molecule has 0 aliphatic carbocycles. The first-order valence-electron chi connectivity index (χ1n) is 7.73. The number of hydrogen-bond donors (Lipinski definition) is 3. The van der Waals surface area contributed by atoms with Crippen molar-refractivity contribution in [1.82, 2.24) is 15.6 Å². The van der Waals surface area contributed by atoms with Crippen molar-refractivity contribution in [3.8, 4) is 10.6 Å². The SMILES string of the molecule is C=C(NC(=O)c1csc(-c2ccc(N)cc2)n1)C(=O)N/C(=C\C)C(=O)OC. The second-order valence-corrected chi connectivity index (χ2v) is 6.10. The number of carbonyl (C=O) groups excluding carboxylic acids is 3. The molecule has 0 radical (unpaired) electrons. The molecule has 4 N–H and O–H groups in total. The summed E-state index contributed by atoms with van der Waals surface area (Å²) in [5.41, 5.74) is 6.95. The van der Waals surface area contributed by atoms with Gasteiger partial charge in [-0.3, -0.25) is 9.59 Å². The Morgan fingerprint density at radius 3 is 2.48 bits per heavy atom. The lowest BCUT2D eigenvalue weighted by atomic mass is 10.2. The van der Waals surface area contributed by atoms with Crippen molar-refractivity contribution >= 4 is 34.8 Å². The molecule has 8 nitrogen and oxygen atoms in total. The van der Waals surface area contributed by atoms with E-state index in [1.165, 1.54) is 24.5 Å². The third kappa shape index (κ3) is 5.02. The van der Waals surface area contributed by atoms with Crippen molar-refractivity contribution < 1.29 is 19.1 Å². The highest BCUT2D eigenvalue weighted by Gasteiger charge is 2.18. The van der Waals surface area contributed by atoms with Crippen LogP contribution in [0.1, 0.15) is 17.4 Å². The summed E-state index contributed by atoms with van der Waals surface area (Å²) in [5, 5.41) is 6.87. The molecule has 140 valence electrons. The lowest BCUT2D eigenvalue weighted by Gasteiger charge is -2.09. The fraction of sp³-hybridized carbons (Fsp3) is 0.111. The van der Waals surface area contributed by atoms with Crippen molar-refractivity contribution in [3.63, 3.8) is 0 Å². The van der Waals surface area contributed by atoms with Crippen LogP contribution in [0.15, 0.2) is 53.7 Å². The van der Waals surface area contributed by atoms with E-state index in [2.05, 4.69) is 26.9 Å². The van der Waals surface area contributed by atoms with E-state index in [9.17, 15) is 14.4 Å². The minimum absolute atomic E-state index is 0.0582. The van der Waals surface area contributed by atoms with Crippen LogP contribution in [0, 0.1) is 0 Å². The molecule has 0 bridgehead atoms. The topological polar surface area (TPSA) is 123 Å². The maximum atomic E-state index is 12.3. The van der Waals surface area contributed by atoms with Gasteiger partial charge in [0, 0.05) is 16.6 Å². The molecule has 1 heterocycles. The number of allylic oxidation sites excluding steroid dienone is 1. The van der Waals surface area contributed by atoms with Gasteiger partial charge in [-0.2, -0.15) is 0 Å². The van der Waals surface area contributed by atoms with Crippen LogP contribution < -0.4 is 16.4 Å². The van der Waals surface area contributed by atoms with E-state index in [1.54, 1.807) is 36.6 Å². The van der Waals surface area contributed by atoms with Gasteiger partial charge in [-0.1, -0.05) is 12.7 Å². The highest BCUT2D eigenvalue weighted by Crippen LogP contribution is 2.24. The number of nitrogens with one attached hydrogen (secondary N) is 2. The third-order valence-electron chi connectivity index (χ3n) is 3.38. The number of aromatic nitrogens is 1. The first-order chi connectivity index (χ1) is 12.8. The molecule has 9 heteroatoms. The number of nitrogen functional groups attached to an aromatic ring is 1. The number of hydrogen-bond acceptors (Lipinski definition) is 7. The van der Waals surface area contributed by atoms with Crippen molar-refractivity contribution in [1.29, 1.82) is 0 Å². The normalized spacial score (nSPS) is 10.8. The zero-order valence-corrected chi connectivity index (χ0v) is 15.6. The number of benzene rings is 1. The van der Waals surface area contributed by atoms with Gasteiger partial charge >= 0.3 is 5.97 Å². The molecular weight excluding hydrogens is 368 g/mol. The zero-order valence-electron chi connectivity index (χ0n) is 14.7. The summed E-state index contributed by atoms with van der Waals surface area (Å²) in [4.78, 5) is 40.0. The molecule has 0 fully saturated rings. The van der Waals surface area contributed by atoms with Gasteiger partial charge in [-0.05, 0) is 31.2 Å². The van der Waals surface area contributed by atoms with E-state index in [0.29, 0.717) is 10.7 Å². The summed E-state index contributed by atoms with van der Waals surface area (Å²) in [7, 11) is 1.19. The van der Waals surface area contributed by atoms with Crippen LogP contribution in [0.4, 0.5) is 5.69 Å². The highest BCUT2D eigenvalue weighted by molar-refractivity contribution is 7.13. The molecule has 0 spiro atoms. The summed E-state index contributed by atoms with van der Waals surface area (Å²) < 4.78 is 4.53. The number of nitrogens with two attached hydrogens (primary N) is 1. The Hall–Kier alpha value is -3.46. The van der Waals surface area contributed by atoms with Gasteiger partial charge < -0.3 is 21.1 Å². The number of esters is 1. The number of methoxy groups -OCH3 is 1. The van der Waals surface area contributed by atoms with Gasteiger partial charge in [-0.25, -0.2) is 9.78 Å². The van der Waals surface area contributed by atoms with Crippen LogP contribution in [0.2, 0.25) is 0 Å². The summed E-state index contributed by atoms with van der Waals surface area (Å²) >= 11 is 1.28. The molecule has 0 saturated heterocycles. The lowest BCUT2D eigenvalue weighted by molar-refractivity contribution is -0.137. The highest BCUT2D eigenvalue weighted by atomic mass is 32.1. The molecule has 1 aromatic carbocycles. The van der Waals surface area contributed by atoms with Crippen LogP contribution in [0.3, 0.4) is 0 Å². The molecule has 1 aromatic heterocycles. The Balaban J connectivity index is 2.02. The fourth-order valence-corrected chi connectivity index (χ4v) is 2.75. The number of thiazole rings is 1. The average molecular weight is 386 g/mol. The number of ether oxygens (including phenoxy) is 1. The van der Waals surface area contributed by atoms with Crippen LogP contribution in [-0.2, 0) is 14.3 Å². The van der Waals surface area contributed by atoms with E-state index in [1.807, 2.05) is 0 Å². The monoisotopic (exact) mass is 386 g/mol. The quantitative estimate of drug-likeness (QED) is 0.395. The molecule has 0 aliphatic rings. The third-order valence-corrected chi connectivity index (χ3v) is 4.27. The molecule has 0 unspecified atom stereocenters. The van der Waals surface area contributed by atoms with Gasteiger partial charge in [0.25, 0.3) is 11.8 Å². The van der Waals surface area contributed by atoms with Crippen LogP contribution in [0.5, 0.6) is 0 Å². The molecule has 0 atom stereocenters. The van der Waals surface area contributed by atoms with Crippen molar-refractivity contribution in [2.45, 2.75) is 6.92 Å². The number of anilines is 1. The van der Waals surface area contributed by atoms with Gasteiger partial charge in [-0.15, -0.1) is 11.3 Å². The number of amides is 2. The Morgan fingerprint density at radius 2 is 1.89 bits per heavy atom. The maximum Gasteiger partial charge on any atom is 0.354 e. The predicted molar refractivity (Wildman–Crippen MR) is 102 cm³/mol. The van der Waals surface area contributed by atoms with E-state index in [4.69, 9.17) is 5.73 Å². The first kappa shape index (κ1) is 19.9. The fourth-order valence-electron chi connectivity index (χ4n) is 1.94. The van der Waals surface area contributed by atoms with E-state index in [-0.39, 0.29) is 17.1 Å². The van der Waals surface area contributed by atoms with Crippen molar-refractivity contribution in [3.05, 3.63) is 59.4 Å². The summed E-state index contributed by atoms with van der Waals surface area (Å²) in [5.74, 6) is -2.04. The van der Waals surface area contributed by atoms with E-state index in [0.717, 1.165) is 5.56 Å². The summed E-state index contributed by atoms with van der Waals surface area (Å²) in [6, 6.07) is 7.08. The van der Waals surface area contributed by atoms with Crippen molar-refractivity contribution in [2.75, 3.05) is 12.8 Å². The lowest BCUT2D eigenvalue weighted by Crippen LogP contribution is -2.36. The minimum Gasteiger partial charge on any atom is -0.464 e. The number of rotatable bonds is 6. The Kier molecular flexibility index (Phi) is 6.45. The minimum atomic E-state index is -0.740. The van der Waals surface area contributed by atoms with Gasteiger partial charge in [0.15, 0.2) is 0 Å². The van der Waals surface area contributed by atoms with Crippen LogP contribution >= 0.6 is 11.3 Å². The molecule has 0 saturated carbocycles. The molecule has 0 aliphatic heterocycles. The van der Waals surface area contributed by atoms with E-state index >= 15 is 0 Å². The Labute approximate surface area is 159 Å². The maximum absolute atomic E-state index is 12.3. The summed E-state index contributed by atoms with van der Waals surface area (Å²) in [6.45, 7) is 5.06. The second kappa shape index (κ2) is 8.77. The molecule has 2 amide bonds. The zero-order chi connectivity index (χ0) is 20.0. The smallest absolute Gasteiger partial charge is 0.354 e. The largest absolute Gasteiger partial charge is 0.464 e. The van der Waals surface area contributed by atoms with E-state index < -0.39 is 17.8 Å². The Morgan fingerprint density at radius 1 is 1.22 bits per heavy atom. The average Bonchev–Trinajstić information content (AvgIpc) is 3.16. The summed E-state index contributed by atoms with van der Waals surface area (Å²) in [6.07, 6.45) is 1.37.